The average Bonchev–Trinajstić information content (AvgIpc) is 2.13. The maximum absolute atomic E-state index is 13.1. The van der Waals surface area contributed by atoms with E-state index in [9.17, 15) is 18.0 Å². The lowest BCUT2D eigenvalue weighted by Crippen LogP contribution is -2.22. The maximum atomic E-state index is 13.1. The number of amides is 1. The molecule has 1 aromatic carbocycles. The van der Waals surface area contributed by atoms with Gasteiger partial charge in [-0.1, -0.05) is 6.07 Å². The molecule has 82 valence electrons. The smallest absolute Gasteiger partial charge is 0.219 e. The quantitative estimate of drug-likeness (QED) is 0.742. The second-order valence-electron chi connectivity index (χ2n) is 3.04. The second kappa shape index (κ2) is 4.31. The first-order valence-electron chi connectivity index (χ1n) is 4.10. The molecule has 1 amide bonds. The second-order valence-corrected chi connectivity index (χ2v) is 3.04. The highest BCUT2D eigenvalue weighted by Gasteiger charge is 2.19. The topological polar surface area (TPSA) is 69.1 Å². The SMILES string of the molecule is NC(=O)CC(N)c1ccc(F)c(F)c1F. The number of halogens is 3. The third-order valence-electron chi connectivity index (χ3n) is 1.89. The van der Waals surface area contributed by atoms with E-state index in [0.29, 0.717) is 0 Å². The van der Waals surface area contributed by atoms with Crippen LogP contribution in [0.1, 0.15) is 18.0 Å². The van der Waals surface area contributed by atoms with E-state index in [4.69, 9.17) is 11.5 Å². The molecule has 15 heavy (non-hydrogen) atoms. The Morgan fingerprint density at radius 2 is 1.87 bits per heavy atom. The minimum Gasteiger partial charge on any atom is -0.370 e. The van der Waals surface area contributed by atoms with Crippen LogP contribution in [0.15, 0.2) is 12.1 Å². The van der Waals surface area contributed by atoms with Gasteiger partial charge in [0.1, 0.15) is 0 Å². The highest BCUT2D eigenvalue weighted by Crippen LogP contribution is 2.21. The molecule has 0 bridgehead atoms. The van der Waals surface area contributed by atoms with Crippen LogP contribution in [0, 0.1) is 17.5 Å². The van der Waals surface area contributed by atoms with Crippen LogP contribution in [0.3, 0.4) is 0 Å². The monoisotopic (exact) mass is 218 g/mol. The van der Waals surface area contributed by atoms with E-state index in [0.717, 1.165) is 12.1 Å². The van der Waals surface area contributed by atoms with E-state index in [2.05, 4.69) is 0 Å². The first-order valence-corrected chi connectivity index (χ1v) is 4.10. The minimum atomic E-state index is -1.60. The summed E-state index contributed by atoms with van der Waals surface area (Å²) in [6.07, 6.45) is -0.331. The molecule has 6 heteroatoms. The molecule has 0 spiro atoms. The molecule has 0 aliphatic carbocycles. The van der Waals surface area contributed by atoms with Crippen LogP contribution in [0.2, 0.25) is 0 Å². The zero-order valence-corrected chi connectivity index (χ0v) is 7.64. The Morgan fingerprint density at radius 1 is 1.27 bits per heavy atom. The van der Waals surface area contributed by atoms with Crippen LogP contribution >= 0.6 is 0 Å². The molecule has 0 aliphatic rings. The van der Waals surface area contributed by atoms with Crippen LogP contribution in [0.4, 0.5) is 13.2 Å². The van der Waals surface area contributed by atoms with Crippen molar-refractivity contribution in [1.82, 2.24) is 0 Å². The first kappa shape index (κ1) is 11.5. The van der Waals surface area contributed by atoms with Crippen molar-refractivity contribution in [3.05, 3.63) is 35.1 Å². The van der Waals surface area contributed by atoms with Crippen molar-refractivity contribution < 1.29 is 18.0 Å². The van der Waals surface area contributed by atoms with Gasteiger partial charge in [-0.05, 0) is 6.07 Å². The van der Waals surface area contributed by atoms with E-state index in [1.165, 1.54) is 0 Å². The van der Waals surface area contributed by atoms with Gasteiger partial charge in [0, 0.05) is 18.0 Å². The normalized spacial score (nSPS) is 12.5. The Kier molecular flexibility index (Phi) is 3.31. The van der Waals surface area contributed by atoms with Gasteiger partial charge in [0.25, 0.3) is 0 Å². The highest BCUT2D eigenvalue weighted by atomic mass is 19.2. The average molecular weight is 218 g/mol. The number of benzene rings is 1. The van der Waals surface area contributed by atoms with Gasteiger partial charge in [-0.25, -0.2) is 13.2 Å². The Labute approximate surface area is 83.9 Å². The molecule has 1 rings (SSSR count). The predicted molar refractivity (Wildman–Crippen MR) is 47.1 cm³/mol. The molecule has 0 saturated carbocycles. The summed E-state index contributed by atoms with van der Waals surface area (Å²) in [6.45, 7) is 0. The van der Waals surface area contributed by atoms with Gasteiger partial charge in [-0.15, -0.1) is 0 Å². The Morgan fingerprint density at radius 3 is 2.40 bits per heavy atom. The summed E-state index contributed by atoms with van der Waals surface area (Å²) < 4.78 is 38.4. The fourth-order valence-corrected chi connectivity index (χ4v) is 1.15. The number of carbonyl (C=O) groups excluding carboxylic acids is 1. The van der Waals surface area contributed by atoms with Crippen molar-refractivity contribution in [2.24, 2.45) is 11.5 Å². The Bertz CT molecular complexity index is 395. The third-order valence-corrected chi connectivity index (χ3v) is 1.89. The van der Waals surface area contributed by atoms with Gasteiger partial charge in [-0.2, -0.15) is 0 Å². The number of nitrogens with two attached hydrogens (primary N) is 2. The summed E-state index contributed by atoms with van der Waals surface area (Å²) >= 11 is 0. The zero-order chi connectivity index (χ0) is 11.6. The number of hydrogen-bond donors (Lipinski definition) is 2. The summed E-state index contributed by atoms with van der Waals surface area (Å²) in [5.74, 6) is -5.04. The lowest BCUT2D eigenvalue weighted by Gasteiger charge is -2.11. The summed E-state index contributed by atoms with van der Waals surface area (Å²) in [5, 5.41) is 0. The third kappa shape index (κ3) is 2.47. The van der Waals surface area contributed by atoms with Crippen LogP contribution in [0.5, 0.6) is 0 Å². The molecule has 1 unspecified atom stereocenters. The molecular weight excluding hydrogens is 209 g/mol. The molecule has 0 saturated heterocycles. The molecule has 0 radical (unpaired) electrons. The van der Waals surface area contributed by atoms with Crippen LogP contribution < -0.4 is 11.5 Å². The zero-order valence-electron chi connectivity index (χ0n) is 7.64. The Hall–Kier alpha value is -1.56. The molecule has 0 heterocycles. The van der Waals surface area contributed by atoms with Crippen LogP contribution in [-0.2, 0) is 4.79 Å². The molecule has 4 N–H and O–H groups in total. The van der Waals surface area contributed by atoms with Gasteiger partial charge in [-0.3, -0.25) is 4.79 Å². The summed E-state index contributed by atoms with van der Waals surface area (Å²) in [5.41, 5.74) is 9.95. The Balaban J connectivity index is 3.05. The van der Waals surface area contributed by atoms with Crippen molar-refractivity contribution in [1.29, 1.82) is 0 Å². The van der Waals surface area contributed by atoms with Crippen molar-refractivity contribution in [3.8, 4) is 0 Å². The van der Waals surface area contributed by atoms with E-state index in [1.807, 2.05) is 0 Å². The van der Waals surface area contributed by atoms with Crippen molar-refractivity contribution in [2.45, 2.75) is 12.5 Å². The molecule has 0 aromatic heterocycles. The van der Waals surface area contributed by atoms with Gasteiger partial charge >= 0.3 is 0 Å². The predicted octanol–water partition coefficient (Wildman–Crippen LogP) is 0.979. The van der Waals surface area contributed by atoms with Gasteiger partial charge in [0.15, 0.2) is 17.5 Å². The van der Waals surface area contributed by atoms with Gasteiger partial charge < -0.3 is 11.5 Å². The number of rotatable bonds is 3. The summed E-state index contributed by atoms with van der Waals surface area (Å²) in [6, 6.07) is 0.660. The molecule has 0 aliphatic heterocycles. The molecule has 0 fully saturated rings. The summed E-state index contributed by atoms with van der Waals surface area (Å²) in [7, 11) is 0. The standard InChI is InChI=1S/C9H9F3N2O/c10-5-2-1-4(8(11)9(5)12)6(13)3-7(14)15/h1-2,6H,3,13H2,(H2,14,15). The fourth-order valence-electron chi connectivity index (χ4n) is 1.15. The van der Waals surface area contributed by atoms with E-state index in [-0.39, 0.29) is 12.0 Å². The van der Waals surface area contributed by atoms with Crippen molar-refractivity contribution in [2.75, 3.05) is 0 Å². The number of primary amides is 1. The van der Waals surface area contributed by atoms with E-state index < -0.39 is 29.4 Å². The lowest BCUT2D eigenvalue weighted by atomic mass is 10.0. The van der Waals surface area contributed by atoms with Crippen LogP contribution in [-0.4, -0.2) is 5.91 Å². The number of carbonyl (C=O) groups is 1. The van der Waals surface area contributed by atoms with Crippen LogP contribution in [0.25, 0.3) is 0 Å². The van der Waals surface area contributed by atoms with Crippen molar-refractivity contribution >= 4 is 5.91 Å². The van der Waals surface area contributed by atoms with E-state index in [1.54, 1.807) is 0 Å². The molecule has 1 aromatic rings. The van der Waals surface area contributed by atoms with Crippen molar-refractivity contribution in [3.63, 3.8) is 0 Å². The summed E-state index contributed by atoms with van der Waals surface area (Å²) in [4.78, 5) is 10.5. The lowest BCUT2D eigenvalue weighted by molar-refractivity contribution is -0.118. The maximum Gasteiger partial charge on any atom is 0.219 e. The minimum absolute atomic E-state index is 0.271. The number of hydrogen-bond acceptors (Lipinski definition) is 2. The fraction of sp³-hybridized carbons (Fsp3) is 0.222. The highest BCUT2D eigenvalue weighted by molar-refractivity contribution is 5.74. The largest absolute Gasteiger partial charge is 0.370 e. The molecule has 1 atom stereocenters. The first-order chi connectivity index (χ1) is 6.93. The van der Waals surface area contributed by atoms with Gasteiger partial charge in [0.05, 0.1) is 0 Å². The van der Waals surface area contributed by atoms with Gasteiger partial charge in [0.2, 0.25) is 5.91 Å². The van der Waals surface area contributed by atoms with E-state index >= 15 is 0 Å². The molecular formula is C9H9F3N2O. The molecule has 3 nitrogen and oxygen atoms in total.